The molecular weight excluding hydrogens is 311 g/mol. The van der Waals surface area contributed by atoms with Crippen molar-refractivity contribution in [3.8, 4) is 17.1 Å². The van der Waals surface area contributed by atoms with E-state index in [1.54, 1.807) is 53.1 Å². The second-order valence-corrected chi connectivity index (χ2v) is 5.27. The highest BCUT2D eigenvalue weighted by Crippen LogP contribution is 2.27. The third-order valence-electron chi connectivity index (χ3n) is 3.09. The van der Waals surface area contributed by atoms with E-state index in [4.69, 9.17) is 23.2 Å². The molecule has 7 heteroatoms. The van der Waals surface area contributed by atoms with Crippen LogP contribution in [0.15, 0.2) is 36.7 Å². The van der Waals surface area contributed by atoms with E-state index in [9.17, 15) is 4.79 Å². The Morgan fingerprint density at radius 3 is 2.67 bits per heavy atom. The molecule has 0 fully saturated rings. The molecule has 21 heavy (non-hydrogen) atoms. The predicted molar refractivity (Wildman–Crippen MR) is 81.2 cm³/mol. The van der Waals surface area contributed by atoms with Crippen molar-refractivity contribution in [2.45, 2.75) is 0 Å². The molecule has 0 aliphatic rings. The van der Waals surface area contributed by atoms with E-state index in [0.29, 0.717) is 27.0 Å². The molecule has 0 unspecified atom stereocenters. The maximum atomic E-state index is 11.3. The van der Waals surface area contributed by atoms with Gasteiger partial charge in [0.05, 0.1) is 22.0 Å². The molecule has 3 aromatic rings. The van der Waals surface area contributed by atoms with Crippen LogP contribution in [0.25, 0.3) is 17.1 Å². The van der Waals surface area contributed by atoms with E-state index in [0.717, 1.165) is 12.0 Å². The van der Waals surface area contributed by atoms with Gasteiger partial charge in [0.25, 0.3) is 0 Å². The molecule has 2 heterocycles. The minimum atomic E-state index is 0.457. The summed E-state index contributed by atoms with van der Waals surface area (Å²) in [6.45, 7) is 0. The zero-order valence-electron chi connectivity index (χ0n) is 11.0. The molecule has 3 rings (SSSR count). The molecule has 2 aromatic heterocycles. The third kappa shape index (κ3) is 2.46. The fraction of sp³-hybridized carbons (Fsp3) is 0.0714. The quantitative estimate of drug-likeness (QED) is 0.695. The van der Waals surface area contributed by atoms with Crippen LogP contribution in [0.5, 0.6) is 0 Å². The van der Waals surface area contributed by atoms with Crippen molar-refractivity contribution in [2.24, 2.45) is 7.05 Å². The summed E-state index contributed by atoms with van der Waals surface area (Å²) in [7, 11) is 1.79. The molecule has 0 N–H and O–H groups in total. The first-order valence-corrected chi connectivity index (χ1v) is 6.84. The molecule has 106 valence electrons. The number of aryl methyl sites for hydroxylation is 1. The Labute approximate surface area is 130 Å². The Bertz CT molecular complexity index is 822. The molecule has 0 atom stereocenters. The smallest absolute Gasteiger partial charge is 0.153 e. The van der Waals surface area contributed by atoms with Crippen LogP contribution >= 0.6 is 23.2 Å². The van der Waals surface area contributed by atoms with Gasteiger partial charge in [-0.2, -0.15) is 10.2 Å². The average molecular weight is 321 g/mol. The van der Waals surface area contributed by atoms with E-state index < -0.39 is 0 Å². The van der Waals surface area contributed by atoms with Crippen LogP contribution in [0.3, 0.4) is 0 Å². The summed E-state index contributed by atoms with van der Waals surface area (Å²) in [6, 6.07) is 6.89. The molecule has 0 saturated carbocycles. The number of rotatable bonds is 3. The third-order valence-corrected chi connectivity index (χ3v) is 3.63. The van der Waals surface area contributed by atoms with Crippen molar-refractivity contribution in [2.75, 3.05) is 0 Å². The fourth-order valence-corrected chi connectivity index (χ4v) is 2.56. The minimum absolute atomic E-state index is 0.457. The summed E-state index contributed by atoms with van der Waals surface area (Å²) < 4.78 is 3.22. The predicted octanol–water partition coefficient (Wildman–Crippen LogP) is 3.39. The van der Waals surface area contributed by atoms with Crippen molar-refractivity contribution in [3.63, 3.8) is 0 Å². The van der Waals surface area contributed by atoms with Crippen LogP contribution in [0.4, 0.5) is 0 Å². The SMILES string of the molecule is Cn1nccc1-c1nn(-c2ccc(Cl)cc2Cl)cc1C=O. The topological polar surface area (TPSA) is 52.7 Å². The van der Waals surface area contributed by atoms with Gasteiger partial charge in [0.1, 0.15) is 5.69 Å². The molecular formula is C14H10Cl2N4O. The summed E-state index contributed by atoms with van der Waals surface area (Å²) in [5, 5.41) is 9.53. The number of halogens is 2. The standard InChI is InChI=1S/C14H10Cl2N4O/c1-19-13(4-5-17-19)14-9(8-21)7-20(18-14)12-3-2-10(15)6-11(12)16/h2-8H,1H3. The highest BCUT2D eigenvalue weighted by atomic mass is 35.5. The lowest BCUT2D eigenvalue weighted by molar-refractivity contribution is 0.112. The van der Waals surface area contributed by atoms with Gasteiger partial charge in [-0.25, -0.2) is 4.68 Å². The van der Waals surface area contributed by atoms with Crippen molar-refractivity contribution >= 4 is 29.5 Å². The second kappa shape index (κ2) is 5.35. The van der Waals surface area contributed by atoms with E-state index >= 15 is 0 Å². The first-order chi connectivity index (χ1) is 10.1. The highest BCUT2D eigenvalue weighted by Gasteiger charge is 2.15. The number of carbonyl (C=O) groups excluding carboxylic acids is 1. The molecule has 5 nitrogen and oxygen atoms in total. The van der Waals surface area contributed by atoms with Gasteiger partial charge >= 0.3 is 0 Å². The maximum Gasteiger partial charge on any atom is 0.153 e. The molecule has 0 aliphatic carbocycles. The van der Waals surface area contributed by atoms with Crippen molar-refractivity contribution in [1.29, 1.82) is 0 Å². The number of carbonyl (C=O) groups is 1. The Balaban J connectivity index is 2.16. The van der Waals surface area contributed by atoms with Gasteiger partial charge in [-0.15, -0.1) is 0 Å². The average Bonchev–Trinajstić information content (AvgIpc) is 3.04. The van der Waals surface area contributed by atoms with Crippen LogP contribution in [-0.2, 0) is 7.05 Å². The largest absolute Gasteiger partial charge is 0.298 e. The van der Waals surface area contributed by atoms with E-state index in [1.165, 1.54) is 0 Å². The molecule has 0 radical (unpaired) electrons. The van der Waals surface area contributed by atoms with Gasteiger partial charge in [0.2, 0.25) is 0 Å². The van der Waals surface area contributed by atoms with Gasteiger partial charge < -0.3 is 0 Å². The number of nitrogens with zero attached hydrogens (tertiary/aromatic N) is 4. The molecule has 0 saturated heterocycles. The van der Waals surface area contributed by atoms with Gasteiger partial charge in [0, 0.05) is 24.5 Å². The summed E-state index contributed by atoms with van der Waals surface area (Å²) in [4.78, 5) is 11.3. The normalized spacial score (nSPS) is 10.8. The lowest BCUT2D eigenvalue weighted by Crippen LogP contribution is -1.98. The van der Waals surface area contributed by atoms with E-state index in [2.05, 4.69) is 10.2 Å². The number of hydrogen-bond acceptors (Lipinski definition) is 3. The molecule has 0 aliphatic heterocycles. The van der Waals surface area contributed by atoms with Crippen LogP contribution < -0.4 is 0 Å². The summed E-state index contributed by atoms with van der Waals surface area (Å²) >= 11 is 12.1. The van der Waals surface area contributed by atoms with Gasteiger partial charge in [-0.05, 0) is 24.3 Å². The number of hydrogen-bond donors (Lipinski definition) is 0. The van der Waals surface area contributed by atoms with Gasteiger partial charge in [-0.3, -0.25) is 9.48 Å². The summed E-state index contributed by atoms with van der Waals surface area (Å²) in [5.74, 6) is 0. The lowest BCUT2D eigenvalue weighted by atomic mass is 10.2. The number of aldehydes is 1. The molecule has 0 bridgehead atoms. The monoisotopic (exact) mass is 320 g/mol. The van der Waals surface area contributed by atoms with E-state index in [1.807, 2.05) is 0 Å². The van der Waals surface area contributed by atoms with Crippen LogP contribution in [0.1, 0.15) is 10.4 Å². The van der Waals surface area contributed by atoms with Crippen LogP contribution in [0, 0.1) is 0 Å². The molecule has 0 amide bonds. The first kappa shape index (κ1) is 13.9. The maximum absolute atomic E-state index is 11.3. The van der Waals surface area contributed by atoms with E-state index in [-0.39, 0.29) is 0 Å². The lowest BCUT2D eigenvalue weighted by Gasteiger charge is -2.04. The van der Waals surface area contributed by atoms with Crippen molar-refractivity contribution < 1.29 is 4.79 Å². The molecule has 0 spiro atoms. The Morgan fingerprint density at radius 1 is 1.24 bits per heavy atom. The first-order valence-electron chi connectivity index (χ1n) is 6.09. The fourth-order valence-electron chi connectivity index (χ4n) is 2.07. The Kier molecular flexibility index (Phi) is 3.53. The zero-order valence-corrected chi connectivity index (χ0v) is 12.5. The molecule has 1 aromatic carbocycles. The van der Waals surface area contributed by atoms with Crippen LogP contribution in [0.2, 0.25) is 10.0 Å². The van der Waals surface area contributed by atoms with Gasteiger partial charge in [0.15, 0.2) is 6.29 Å². The summed E-state index contributed by atoms with van der Waals surface area (Å²) in [6.07, 6.45) is 4.04. The summed E-state index contributed by atoms with van der Waals surface area (Å²) in [5.41, 5.74) is 2.42. The Morgan fingerprint density at radius 2 is 2.05 bits per heavy atom. The zero-order chi connectivity index (χ0) is 15.0. The van der Waals surface area contributed by atoms with Crippen LogP contribution in [-0.4, -0.2) is 25.8 Å². The number of benzene rings is 1. The van der Waals surface area contributed by atoms with Crippen molar-refractivity contribution in [1.82, 2.24) is 19.6 Å². The van der Waals surface area contributed by atoms with Gasteiger partial charge in [-0.1, -0.05) is 23.2 Å². The minimum Gasteiger partial charge on any atom is -0.298 e. The highest BCUT2D eigenvalue weighted by molar-refractivity contribution is 6.35. The second-order valence-electron chi connectivity index (χ2n) is 4.43. The Hall–Kier alpha value is -2.11. The van der Waals surface area contributed by atoms with Crippen molar-refractivity contribution in [3.05, 3.63) is 52.3 Å². The number of aromatic nitrogens is 4.